The average molecular weight is 384 g/mol. The first-order valence-electron chi connectivity index (χ1n) is 9.90. The molecule has 28 heavy (non-hydrogen) atoms. The smallest absolute Gasteiger partial charge is 0.134 e. The second-order valence-corrected chi connectivity index (χ2v) is 8.38. The number of hydrogen-bond acceptors (Lipinski definition) is 3. The highest BCUT2D eigenvalue weighted by Crippen LogP contribution is 2.39. The minimum absolute atomic E-state index is 0.791. The van der Waals surface area contributed by atoms with E-state index in [1.165, 1.54) is 45.1 Å². The van der Waals surface area contributed by atoms with Crippen LogP contribution >= 0.6 is 11.3 Å². The Kier molecular flexibility index (Phi) is 4.26. The number of para-hydroxylation sites is 1. The Labute approximate surface area is 168 Å². The zero-order valence-electron chi connectivity index (χ0n) is 15.9. The van der Waals surface area contributed by atoms with E-state index >= 15 is 0 Å². The first-order chi connectivity index (χ1) is 13.8. The van der Waals surface area contributed by atoms with Gasteiger partial charge in [0.2, 0.25) is 0 Å². The number of aliphatic imine (C=N–C) groups is 1. The molecular weight excluding hydrogens is 362 g/mol. The van der Waals surface area contributed by atoms with Gasteiger partial charge in [-0.3, -0.25) is 0 Å². The summed E-state index contributed by atoms with van der Waals surface area (Å²) in [7, 11) is 0. The van der Waals surface area contributed by atoms with Crippen LogP contribution in [-0.2, 0) is 19.4 Å². The van der Waals surface area contributed by atoms with E-state index in [1.54, 1.807) is 11.3 Å². The van der Waals surface area contributed by atoms with Gasteiger partial charge in [0, 0.05) is 39.4 Å². The lowest BCUT2D eigenvalue weighted by molar-refractivity contribution is 0.696. The highest BCUT2D eigenvalue weighted by atomic mass is 32.1. The van der Waals surface area contributed by atoms with Gasteiger partial charge in [0.25, 0.3) is 0 Å². The number of thiophene rings is 1. The summed E-state index contributed by atoms with van der Waals surface area (Å²) >= 11 is 1.70. The number of aryl methyl sites for hydroxylation is 2. The molecule has 2 aromatic heterocycles. The van der Waals surface area contributed by atoms with Crippen LogP contribution in [0.3, 0.4) is 0 Å². The fraction of sp³-hybridized carbons (Fsp3) is 0.250. The molecule has 4 aromatic rings. The van der Waals surface area contributed by atoms with Gasteiger partial charge in [-0.15, -0.1) is 11.3 Å². The summed E-state index contributed by atoms with van der Waals surface area (Å²) in [6.45, 7) is 3.13. The normalized spacial score (nSPS) is 14.0. The van der Waals surface area contributed by atoms with Crippen molar-refractivity contribution in [3.8, 4) is 6.07 Å². The van der Waals surface area contributed by atoms with Gasteiger partial charge < -0.3 is 4.57 Å². The molecule has 1 aliphatic rings. The van der Waals surface area contributed by atoms with Gasteiger partial charge in [-0.2, -0.15) is 5.26 Å². The zero-order valence-corrected chi connectivity index (χ0v) is 16.7. The monoisotopic (exact) mass is 383 g/mol. The summed E-state index contributed by atoms with van der Waals surface area (Å²) in [5.41, 5.74) is 5.63. The van der Waals surface area contributed by atoms with Crippen molar-refractivity contribution in [3.63, 3.8) is 0 Å². The van der Waals surface area contributed by atoms with Crippen LogP contribution in [0.1, 0.15) is 41.3 Å². The van der Waals surface area contributed by atoms with E-state index in [2.05, 4.69) is 60.0 Å². The van der Waals surface area contributed by atoms with Gasteiger partial charge in [0.15, 0.2) is 0 Å². The standard InChI is InChI=1S/C24H21N3S/c1-2-27-21-9-5-3-7-17(21)19-13-16(11-12-22(19)27)15-26-24-20(14-25)18-8-4-6-10-23(18)28-24/h3,5,7,9,11-13,15H,2,4,6,8,10H2,1H3/b26-15+. The van der Waals surface area contributed by atoms with Crippen molar-refractivity contribution in [2.75, 3.05) is 0 Å². The molecule has 2 heterocycles. The molecule has 0 unspecified atom stereocenters. The lowest BCUT2D eigenvalue weighted by atomic mass is 9.96. The Morgan fingerprint density at radius 3 is 2.79 bits per heavy atom. The van der Waals surface area contributed by atoms with Gasteiger partial charge in [-0.25, -0.2) is 4.99 Å². The Hall–Kier alpha value is -2.90. The first kappa shape index (κ1) is 17.2. The Bertz CT molecular complexity index is 1270. The minimum atomic E-state index is 0.791. The molecule has 0 N–H and O–H groups in total. The van der Waals surface area contributed by atoms with Crippen molar-refractivity contribution in [2.24, 2.45) is 4.99 Å². The molecule has 0 aliphatic heterocycles. The first-order valence-corrected chi connectivity index (χ1v) is 10.7. The Balaban J connectivity index is 1.59. The van der Waals surface area contributed by atoms with Crippen molar-refractivity contribution >= 4 is 44.4 Å². The zero-order chi connectivity index (χ0) is 19.1. The largest absolute Gasteiger partial charge is 0.341 e. The second-order valence-electron chi connectivity index (χ2n) is 7.30. The van der Waals surface area contributed by atoms with E-state index in [0.29, 0.717) is 0 Å². The number of fused-ring (bicyclic) bond motifs is 4. The second kappa shape index (κ2) is 6.92. The quantitative estimate of drug-likeness (QED) is 0.379. The SMILES string of the molecule is CCn1c2ccccc2c2cc(/C=N/c3sc4c(c3C#N)CCCC4)ccc21. The number of nitriles is 1. The van der Waals surface area contributed by atoms with Crippen LogP contribution in [0.25, 0.3) is 21.8 Å². The number of rotatable bonds is 3. The fourth-order valence-electron chi connectivity index (χ4n) is 4.38. The van der Waals surface area contributed by atoms with Crippen LogP contribution in [0.5, 0.6) is 0 Å². The fourth-order valence-corrected chi connectivity index (χ4v) is 5.57. The topological polar surface area (TPSA) is 41.1 Å². The van der Waals surface area contributed by atoms with Gasteiger partial charge in [0.1, 0.15) is 11.1 Å². The molecule has 0 radical (unpaired) electrons. The average Bonchev–Trinajstić information content (AvgIpc) is 3.26. The maximum absolute atomic E-state index is 9.63. The Morgan fingerprint density at radius 2 is 1.93 bits per heavy atom. The molecule has 3 nitrogen and oxygen atoms in total. The van der Waals surface area contributed by atoms with E-state index in [-0.39, 0.29) is 0 Å². The molecule has 1 aliphatic carbocycles. The third-order valence-electron chi connectivity index (χ3n) is 5.71. The van der Waals surface area contributed by atoms with Crippen molar-refractivity contribution < 1.29 is 0 Å². The minimum Gasteiger partial charge on any atom is -0.341 e. The van der Waals surface area contributed by atoms with Crippen molar-refractivity contribution in [1.82, 2.24) is 4.57 Å². The summed E-state index contributed by atoms with van der Waals surface area (Å²) in [5, 5.41) is 13.0. The molecule has 0 amide bonds. The van der Waals surface area contributed by atoms with Crippen LogP contribution in [0.4, 0.5) is 5.00 Å². The van der Waals surface area contributed by atoms with Crippen LogP contribution in [0.15, 0.2) is 47.5 Å². The predicted octanol–water partition coefficient (Wildman–Crippen LogP) is 6.38. The van der Waals surface area contributed by atoms with Gasteiger partial charge in [-0.05, 0) is 61.9 Å². The summed E-state index contributed by atoms with van der Waals surface area (Å²) < 4.78 is 2.35. The van der Waals surface area contributed by atoms with Crippen LogP contribution in [-0.4, -0.2) is 10.8 Å². The molecule has 0 fully saturated rings. The van der Waals surface area contributed by atoms with Crippen LogP contribution in [0.2, 0.25) is 0 Å². The highest BCUT2D eigenvalue weighted by Gasteiger charge is 2.20. The van der Waals surface area contributed by atoms with Crippen LogP contribution in [0, 0.1) is 11.3 Å². The van der Waals surface area contributed by atoms with Crippen molar-refractivity contribution in [1.29, 1.82) is 5.26 Å². The lowest BCUT2D eigenvalue weighted by Gasteiger charge is -2.09. The number of benzene rings is 2. The van der Waals surface area contributed by atoms with Crippen molar-refractivity contribution in [2.45, 2.75) is 39.2 Å². The molecular formula is C24H21N3S. The molecule has 0 spiro atoms. The molecule has 5 rings (SSSR count). The molecule has 2 aromatic carbocycles. The summed E-state index contributed by atoms with van der Waals surface area (Å²) in [5.74, 6) is 0. The third kappa shape index (κ3) is 2.66. The van der Waals surface area contributed by atoms with E-state index in [9.17, 15) is 5.26 Å². The summed E-state index contributed by atoms with van der Waals surface area (Å²) in [6, 6.07) is 17.5. The van der Waals surface area contributed by atoms with E-state index in [1.807, 2.05) is 6.21 Å². The highest BCUT2D eigenvalue weighted by molar-refractivity contribution is 7.16. The Morgan fingerprint density at radius 1 is 1.11 bits per heavy atom. The van der Waals surface area contributed by atoms with E-state index < -0.39 is 0 Å². The van der Waals surface area contributed by atoms with Gasteiger partial charge in [-0.1, -0.05) is 24.3 Å². The number of nitrogens with zero attached hydrogens (tertiary/aromatic N) is 3. The molecule has 138 valence electrons. The summed E-state index contributed by atoms with van der Waals surface area (Å²) in [4.78, 5) is 6.09. The predicted molar refractivity (Wildman–Crippen MR) is 118 cm³/mol. The number of hydrogen-bond donors (Lipinski definition) is 0. The molecule has 0 atom stereocenters. The molecule has 0 bridgehead atoms. The van der Waals surface area contributed by atoms with Gasteiger partial charge in [0.05, 0.1) is 5.56 Å². The number of aromatic nitrogens is 1. The molecule has 0 saturated heterocycles. The summed E-state index contributed by atoms with van der Waals surface area (Å²) in [6.07, 6.45) is 6.43. The van der Waals surface area contributed by atoms with Crippen LogP contribution < -0.4 is 0 Å². The lowest BCUT2D eigenvalue weighted by Crippen LogP contribution is -1.99. The maximum atomic E-state index is 9.63. The van der Waals surface area contributed by atoms with E-state index in [4.69, 9.17) is 4.99 Å². The molecule has 0 saturated carbocycles. The maximum Gasteiger partial charge on any atom is 0.134 e. The van der Waals surface area contributed by atoms with E-state index in [0.717, 1.165) is 35.5 Å². The van der Waals surface area contributed by atoms with Gasteiger partial charge >= 0.3 is 0 Å². The molecule has 4 heteroatoms. The third-order valence-corrected chi connectivity index (χ3v) is 6.91. The van der Waals surface area contributed by atoms with Crippen molar-refractivity contribution in [3.05, 3.63) is 64.0 Å².